The number of hydrogen-bond acceptors (Lipinski definition) is 0. The summed E-state index contributed by atoms with van der Waals surface area (Å²) in [4.78, 5) is 0. The van der Waals surface area contributed by atoms with Gasteiger partial charge in [-0.3, -0.25) is 0 Å². The van der Waals surface area contributed by atoms with Crippen molar-refractivity contribution < 1.29 is 98.1 Å². The van der Waals surface area contributed by atoms with Gasteiger partial charge in [-0.05, 0) is 0 Å². The predicted octanol–water partition coefficient (Wildman–Crippen LogP) is 5.37. The van der Waals surface area contributed by atoms with Crippen LogP contribution in [-0.2, 0) is 98.1 Å². The second-order valence-electron chi connectivity index (χ2n) is 5.12. The van der Waals surface area contributed by atoms with E-state index in [1.165, 1.54) is 10.8 Å². The van der Waals surface area contributed by atoms with Crippen molar-refractivity contribution in [1.29, 1.82) is 0 Å². The molecule has 0 amide bonds. The van der Waals surface area contributed by atoms with Gasteiger partial charge in [-0.2, -0.15) is 36.4 Å². The molecule has 4 rings (SSSR count). The van der Waals surface area contributed by atoms with E-state index >= 15 is 0 Å². The van der Waals surface area contributed by atoms with Crippen molar-refractivity contribution in [3.8, 4) is 22.3 Å². The third-order valence-corrected chi connectivity index (χ3v) is 3.72. The Bertz CT molecular complexity index is 934. The Morgan fingerprint density at radius 1 is 0.520 bits per heavy atom. The van der Waals surface area contributed by atoms with Crippen LogP contribution in [0.5, 0.6) is 0 Å². The SMILES string of the molecule is [Y].[Y].[Y].[c-]1ccccc1-c1[c-]cc[c-]c1-c1[c-]cc2ccccc2c1. The molecule has 0 saturated carbocycles. The van der Waals surface area contributed by atoms with E-state index in [9.17, 15) is 0 Å². The van der Waals surface area contributed by atoms with Crippen LogP contribution in [0.2, 0.25) is 0 Å². The zero-order valence-corrected chi connectivity index (χ0v) is 22.2. The first-order valence-corrected chi connectivity index (χ1v) is 7.22. The van der Waals surface area contributed by atoms with Crippen molar-refractivity contribution in [2.45, 2.75) is 0 Å². The number of rotatable bonds is 2. The molecule has 0 aliphatic rings. The molecule has 0 heterocycles. The summed E-state index contributed by atoms with van der Waals surface area (Å²) in [6.45, 7) is 0. The van der Waals surface area contributed by atoms with Gasteiger partial charge in [0.25, 0.3) is 0 Å². The number of fused-ring (bicyclic) bond motifs is 1. The Kier molecular flexibility index (Phi) is 10.6. The van der Waals surface area contributed by atoms with Gasteiger partial charge in [0, 0.05) is 98.1 Å². The molecule has 3 heteroatoms. The maximum Gasteiger partial charge on any atom is 0 e. The molecule has 0 nitrogen and oxygen atoms in total. The summed E-state index contributed by atoms with van der Waals surface area (Å²) < 4.78 is 0. The van der Waals surface area contributed by atoms with E-state index in [0.717, 1.165) is 22.3 Å². The van der Waals surface area contributed by atoms with E-state index < -0.39 is 0 Å². The van der Waals surface area contributed by atoms with Crippen LogP contribution in [-0.4, -0.2) is 0 Å². The molecule has 0 fully saturated rings. The average molecular weight is 543 g/mol. The van der Waals surface area contributed by atoms with Crippen LogP contribution in [0.3, 0.4) is 0 Å². The van der Waals surface area contributed by atoms with Crippen molar-refractivity contribution in [3.63, 3.8) is 0 Å². The summed E-state index contributed by atoms with van der Waals surface area (Å²) in [5, 5.41) is 2.40. The van der Waals surface area contributed by atoms with Gasteiger partial charge in [0.05, 0.1) is 0 Å². The van der Waals surface area contributed by atoms with E-state index in [-0.39, 0.29) is 98.1 Å². The molecule has 113 valence electrons. The van der Waals surface area contributed by atoms with Gasteiger partial charge in [0.15, 0.2) is 0 Å². The largest absolute Gasteiger partial charge is 0.248 e. The average Bonchev–Trinajstić information content (AvgIpc) is 2.62. The van der Waals surface area contributed by atoms with Crippen LogP contribution in [0, 0.1) is 24.3 Å². The smallest absolute Gasteiger partial charge is 0 e. The summed E-state index contributed by atoms with van der Waals surface area (Å²) in [5.74, 6) is 0. The van der Waals surface area contributed by atoms with Crippen LogP contribution in [0.15, 0.2) is 72.8 Å². The molecule has 0 unspecified atom stereocenters. The van der Waals surface area contributed by atoms with E-state index in [1.807, 2.05) is 48.5 Å². The molecule has 0 N–H and O–H groups in total. The third kappa shape index (κ3) is 5.47. The van der Waals surface area contributed by atoms with E-state index in [4.69, 9.17) is 0 Å². The monoisotopic (exact) mass is 543 g/mol. The molecule has 3 radical (unpaired) electrons. The molecule has 0 aromatic heterocycles. The van der Waals surface area contributed by atoms with Crippen molar-refractivity contribution in [2.24, 2.45) is 0 Å². The standard InChI is InChI=1S/C22H12.3Y/c1-2-9-18(10-3-1)21-12-6-7-13-22(21)20-15-14-17-8-4-5-11-19(17)16-20;;;/h1-9,11,14,16H;;;/q-4;;;. The Morgan fingerprint density at radius 2 is 1.16 bits per heavy atom. The first-order valence-electron chi connectivity index (χ1n) is 7.22. The summed E-state index contributed by atoms with van der Waals surface area (Å²) >= 11 is 0. The van der Waals surface area contributed by atoms with Gasteiger partial charge in [-0.25, -0.2) is 46.5 Å². The minimum Gasteiger partial charge on any atom is -0.248 e. The first kappa shape index (κ1) is 23.5. The minimum absolute atomic E-state index is 0. The molecule has 4 aromatic carbocycles. The Hall–Kier alpha value is 0.452. The molecule has 0 spiro atoms. The summed E-state index contributed by atoms with van der Waals surface area (Å²) in [7, 11) is 0. The van der Waals surface area contributed by atoms with Crippen LogP contribution in [0.4, 0.5) is 0 Å². The van der Waals surface area contributed by atoms with Gasteiger partial charge in [-0.1, -0.05) is 24.3 Å². The molecule has 4 aromatic rings. The molecule has 25 heavy (non-hydrogen) atoms. The van der Waals surface area contributed by atoms with Crippen molar-refractivity contribution in [1.82, 2.24) is 0 Å². The van der Waals surface area contributed by atoms with Crippen LogP contribution >= 0.6 is 0 Å². The van der Waals surface area contributed by atoms with Crippen LogP contribution < -0.4 is 0 Å². The summed E-state index contributed by atoms with van der Waals surface area (Å²) in [6.07, 6.45) is 0. The van der Waals surface area contributed by atoms with Crippen molar-refractivity contribution >= 4 is 10.8 Å². The molecule has 0 atom stereocenters. The second kappa shape index (κ2) is 11.3. The Balaban J connectivity index is 0.00000104. The van der Waals surface area contributed by atoms with Crippen LogP contribution in [0.25, 0.3) is 33.0 Å². The molecular weight excluding hydrogens is 531 g/mol. The maximum absolute atomic E-state index is 3.37. The third-order valence-electron chi connectivity index (χ3n) is 3.72. The van der Waals surface area contributed by atoms with E-state index in [0.29, 0.717) is 0 Å². The molecule has 0 bridgehead atoms. The zero-order valence-electron chi connectivity index (χ0n) is 13.7. The minimum atomic E-state index is 0. The second-order valence-corrected chi connectivity index (χ2v) is 5.12. The van der Waals surface area contributed by atoms with Gasteiger partial charge in [0.2, 0.25) is 0 Å². The fourth-order valence-electron chi connectivity index (χ4n) is 2.64. The Morgan fingerprint density at radius 3 is 1.84 bits per heavy atom. The topological polar surface area (TPSA) is 0 Å². The van der Waals surface area contributed by atoms with Crippen molar-refractivity contribution in [2.75, 3.05) is 0 Å². The molecule has 0 aliphatic carbocycles. The van der Waals surface area contributed by atoms with Gasteiger partial charge >= 0.3 is 0 Å². The number of benzene rings is 4. The normalized spacial score (nSPS) is 9.44. The summed E-state index contributed by atoms with van der Waals surface area (Å²) in [6, 6.07) is 37.5. The zero-order chi connectivity index (χ0) is 14.8. The van der Waals surface area contributed by atoms with Crippen LogP contribution in [0.1, 0.15) is 0 Å². The van der Waals surface area contributed by atoms with E-state index in [1.54, 1.807) is 0 Å². The maximum atomic E-state index is 3.37. The summed E-state index contributed by atoms with van der Waals surface area (Å²) in [5.41, 5.74) is 4.07. The Labute approximate surface area is 224 Å². The predicted molar refractivity (Wildman–Crippen MR) is 90.2 cm³/mol. The number of hydrogen-bond donors (Lipinski definition) is 0. The molecule has 0 saturated heterocycles. The molecule has 0 aliphatic heterocycles. The first-order chi connectivity index (χ1) is 10.9. The fraction of sp³-hybridized carbons (Fsp3) is 0. The van der Waals surface area contributed by atoms with Gasteiger partial charge in [-0.15, -0.1) is 22.9 Å². The fourth-order valence-corrected chi connectivity index (χ4v) is 2.64. The van der Waals surface area contributed by atoms with Gasteiger partial charge < -0.3 is 0 Å². The van der Waals surface area contributed by atoms with Gasteiger partial charge in [0.1, 0.15) is 0 Å². The molecular formula is C22H12Y3-4. The van der Waals surface area contributed by atoms with E-state index in [2.05, 4.69) is 48.5 Å². The quantitative estimate of drug-likeness (QED) is 0.299. The van der Waals surface area contributed by atoms with Crippen molar-refractivity contribution in [3.05, 3.63) is 97.1 Å².